The lowest BCUT2D eigenvalue weighted by atomic mass is 9.48. The predicted octanol–water partition coefficient (Wildman–Crippen LogP) is 5.43. The SMILES string of the molecule is CC(OC1C2CC3CC(C2)CC1C3)C12CC3CC(CC(C3)C1)C2. The van der Waals surface area contributed by atoms with Crippen LogP contribution in [0.15, 0.2) is 0 Å². The van der Waals surface area contributed by atoms with Gasteiger partial charge < -0.3 is 4.74 Å². The normalized spacial score (nSPS) is 60.4. The second-order valence-corrected chi connectivity index (χ2v) is 11.0. The zero-order valence-electron chi connectivity index (χ0n) is 14.9. The number of hydrogen-bond acceptors (Lipinski definition) is 1. The van der Waals surface area contributed by atoms with Crippen molar-refractivity contribution in [3.63, 3.8) is 0 Å². The third-order valence-electron chi connectivity index (χ3n) is 9.45. The molecule has 1 atom stereocenters. The Morgan fingerprint density at radius 2 is 1.09 bits per heavy atom. The van der Waals surface area contributed by atoms with Gasteiger partial charge in [0.2, 0.25) is 0 Å². The van der Waals surface area contributed by atoms with Crippen molar-refractivity contribution in [3.05, 3.63) is 0 Å². The molecule has 1 nitrogen and oxygen atoms in total. The molecule has 1 unspecified atom stereocenters. The van der Waals surface area contributed by atoms with Gasteiger partial charge in [-0.2, -0.15) is 0 Å². The van der Waals surface area contributed by atoms with Gasteiger partial charge in [-0.3, -0.25) is 0 Å². The molecule has 8 rings (SSSR count). The van der Waals surface area contributed by atoms with Crippen LogP contribution in [0.1, 0.15) is 77.6 Å². The topological polar surface area (TPSA) is 9.23 Å². The summed E-state index contributed by atoms with van der Waals surface area (Å²) in [6.07, 6.45) is 18.0. The van der Waals surface area contributed by atoms with Gasteiger partial charge in [-0.15, -0.1) is 0 Å². The van der Waals surface area contributed by atoms with Crippen molar-refractivity contribution in [2.75, 3.05) is 0 Å². The zero-order chi connectivity index (χ0) is 15.2. The highest BCUT2D eigenvalue weighted by molar-refractivity contribution is 5.05. The quantitative estimate of drug-likeness (QED) is 0.674. The predicted molar refractivity (Wildman–Crippen MR) is 92.0 cm³/mol. The van der Waals surface area contributed by atoms with Crippen molar-refractivity contribution in [2.24, 2.45) is 46.8 Å². The average Bonchev–Trinajstić information content (AvgIpc) is 2.48. The van der Waals surface area contributed by atoms with Crippen LogP contribution in [0, 0.1) is 46.8 Å². The first-order chi connectivity index (χ1) is 11.2. The van der Waals surface area contributed by atoms with Crippen LogP contribution in [0.4, 0.5) is 0 Å². The van der Waals surface area contributed by atoms with E-state index >= 15 is 0 Å². The minimum absolute atomic E-state index is 0.540. The second-order valence-electron chi connectivity index (χ2n) is 11.0. The van der Waals surface area contributed by atoms with Gasteiger partial charge in [-0.05, 0) is 124 Å². The maximum Gasteiger partial charge on any atom is 0.0635 e. The largest absolute Gasteiger partial charge is 0.374 e. The standard InChI is InChI=1S/C22H34O/c1-13(22-10-16-3-17(11-22)5-18(4-16)12-22)23-21-19-6-14-2-15(8-19)9-20(21)7-14/h13-21H,2-12H2,1H3. The Morgan fingerprint density at radius 3 is 1.57 bits per heavy atom. The molecule has 8 aliphatic carbocycles. The summed E-state index contributed by atoms with van der Waals surface area (Å²) in [6, 6.07) is 0. The van der Waals surface area contributed by atoms with E-state index in [9.17, 15) is 0 Å². The molecule has 23 heavy (non-hydrogen) atoms. The molecule has 8 saturated carbocycles. The fourth-order valence-corrected chi connectivity index (χ4v) is 9.15. The van der Waals surface area contributed by atoms with Crippen LogP contribution >= 0.6 is 0 Å². The first-order valence-corrected chi connectivity index (χ1v) is 10.8. The van der Waals surface area contributed by atoms with Crippen LogP contribution in [0.2, 0.25) is 0 Å². The summed E-state index contributed by atoms with van der Waals surface area (Å²) in [6.45, 7) is 2.48. The summed E-state index contributed by atoms with van der Waals surface area (Å²) in [7, 11) is 0. The van der Waals surface area contributed by atoms with Crippen LogP contribution in [-0.4, -0.2) is 12.2 Å². The fraction of sp³-hybridized carbons (Fsp3) is 1.00. The van der Waals surface area contributed by atoms with Gasteiger partial charge in [0.05, 0.1) is 12.2 Å². The monoisotopic (exact) mass is 314 g/mol. The summed E-state index contributed by atoms with van der Waals surface area (Å²) in [5, 5.41) is 0. The summed E-state index contributed by atoms with van der Waals surface area (Å²) in [5.74, 6) is 7.20. The minimum atomic E-state index is 0.540. The maximum absolute atomic E-state index is 7.01. The van der Waals surface area contributed by atoms with Crippen molar-refractivity contribution >= 4 is 0 Å². The molecule has 1 heteroatoms. The molecule has 0 aliphatic heterocycles. The van der Waals surface area contributed by atoms with Gasteiger partial charge in [-0.1, -0.05) is 0 Å². The van der Waals surface area contributed by atoms with Gasteiger partial charge in [0, 0.05) is 0 Å². The highest BCUT2D eigenvalue weighted by atomic mass is 16.5. The van der Waals surface area contributed by atoms with E-state index in [2.05, 4.69) is 6.92 Å². The molecule has 0 spiro atoms. The highest BCUT2D eigenvalue weighted by Crippen LogP contribution is 2.63. The Morgan fingerprint density at radius 1 is 0.652 bits per heavy atom. The Balaban J connectivity index is 1.22. The molecule has 0 aromatic rings. The molecule has 0 N–H and O–H groups in total. The maximum atomic E-state index is 7.01. The molecule has 128 valence electrons. The Bertz CT molecular complexity index is 431. The van der Waals surface area contributed by atoms with E-state index in [-0.39, 0.29) is 0 Å². The van der Waals surface area contributed by atoms with Crippen molar-refractivity contribution in [3.8, 4) is 0 Å². The van der Waals surface area contributed by atoms with E-state index in [1.165, 1.54) is 44.9 Å². The van der Waals surface area contributed by atoms with Crippen molar-refractivity contribution in [1.29, 1.82) is 0 Å². The molecule has 0 aromatic carbocycles. The van der Waals surface area contributed by atoms with Crippen LogP contribution in [0.25, 0.3) is 0 Å². The van der Waals surface area contributed by atoms with E-state index in [0.29, 0.717) is 17.6 Å². The number of rotatable bonds is 3. The van der Waals surface area contributed by atoms with Crippen LogP contribution in [0.3, 0.4) is 0 Å². The summed E-state index contributed by atoms with van der Waals surface area (Å²) >= 11 is 0. The summed E-state index contributed by atoms with van der Waals surface area (Å²) < 4.78 is 7.01. The third kappa shape index (κ3) is 2.07. The fourth-order valence-electron chi connectivity index (χ4n) is 9.15. The van der Waals surface area contributed by atoms with E-state index in [1.807, 2.05) is 0 Å². The third-order valence-corrected chi connectivity index (χ3v) is 9.45. The molecule has 0 radical (unpaired) electrons. The molecule has 0 heterocycles. The van der Waals surface area contributed by atoms with Crippen molar-refractivity contribution < 1.29 is 4.74 Å². The molecule has 8 fully saturated rings. The molecule has 0 amide bonds. The number of hydrogen-bond donors (Lipinski definition) is 0. The second kappa shape index (κ2) is 4.77. The summed E-state index contributed by atoms with van der Waals surface area (Å²) in [5.41, 5.74) is 0.587. The lowest BCUT2D eigenvalue weighted by Gasteiger charge is -2.60. The lowest BCUT2D eigenvalue weighted by Crippen LogP contribution is -2.55. The molecule has 8 bridgehead atoms. The first kappa shape index (κ1) is 14.2. The van der Waals surface area contributed by atoms with Crippen LogP contribution in [-0.2, 0) is 4.74 Å². The van der Waals surface area contributed by atoms with Crippen LogP contribution < -0.4 is 0 Å². The van der Waals surface area contributed by atoms with Gasteiger partial charge in [0.15, 0.2) is 0 Å². The lowest BCUT2D eigenvalue weighted by molar-refractivity contribution is -0.202. The minimum Gasteiger partial charge on any atom is -0.374 e. The van der Waals surface area contributed by atoms with Crippen molar-refractivity contribution in [2.45, 2.75) is 89.8 Å². The first-order valence-electron chi connectivity index (χ1n) is 10.8. The molecule has 0 saturated heterocycles. The Hall–Kier alpha value is -0.0400. The Labute approximate surface area is 141 Å². The molecular weight excluding hydrogens is 280 g/mol. The van der Waals surface area contributed by atoms with E-state index in [1.54, 1.807) is 25.7 Å². The van der Waals surface area contributed by atoms with Gasteiger partial charge in [-0.25, -0.2) is 0 Å². The van der Waals surface area contributed by atoms with Crippen LogP contribution in [0.5, 0.6) is 0 Å². The molecular formula is C22H34O. The van der Waals surface area contributed by atoms with E-state index in [4.69, 9.17) is 4.74 Å². The van der Waals surface area contributed by atoms with Gasteiger partial charge in [0.1, 0.15) is 0 Å². The van der Waals surface area contributed by atoms with E-state index < -0.39 is 0 Å². The molecule has 0 aromatic heterocycles. The van der Waals surface area contributed by atoms with Gasteiger partial charge in [0.25, 0.3) is 0 Å². The van der Waals surface area contributed by atoms with Gasteiger partial charge >= 0.3 is 0 Å². The highest BCUT2D eigenvalue weighted by Gasteiger charge is 2.55. The zero-order valence-corrected chi connectivity index (χ0v) is 14.9. The molecule has 8 aliphatic rings. The summed E-state index contributed by atoms with van der Waals surface area (Å²) in [4.78, 5) is 0. The Kier molecular flexibility index (Phi) is 2.94. The van der Waals surface area contributed by atoms with E-state index in [0.717, 1.165) is 41.4 Å². The number of ether oxygens (including phenoxy) is 1. The smallest absolute Gasteiger partial charge is 0.0635 e. The average molecular weight is 315 g/mol. The van der Waals surface area contributed by atoms with Crippen molar-refractivity contribution in [1.82, 2.24) is 0 Å².